The number of ether oxygens (including phenoxy) is 1. The molecule has 3 amide bonds. The summed E-state index contributed by atoms with van der Waals surface area (Å²) in [5, 5.41) is 2.69. The van der Waals surface area contributed by atoms with E-state index in [1.54, 1.807) is 43.0 Å². The van der Waals surface area contributed by atoms with Crippen LogP contribution in [0, 0.1) is 17.8 Å². The molecule has 2 saturated heterocycles. The van der Waals surface area contributed by atoms with E-state index in [4.69, 9.17) is 16.2 Å². The zero-order valence-electron chi connectivity index (χ0n) is 23.5. The molecule has 5 N–H and O–H groups in total. The molecule has 3 heterocycles. The number of anilines is 1. The molecule has 5 rings (SSSR count). The average molecular weight is 553 g/mol. The van der Waals surface area contributed by atoms with Crippen LogP contribution >= 0.6 is 0 Å². The smallest absolute Gasteiger partial charge is 0.354 e. The van der Waals surface area contributed by atoms with Crippen LogP contribution in [0.3, 0.4) is 0 Å². The third-order valence-corrected chi connectivity index (χ3v) is 8.41. The van der Waals surface area contributed by atoms with E-state index in [0.717, 1.165) is 55.7 Å². The Balaban J connectivity index is 1.17. The van der Waals surface area contributed by atoms with E-state index >= 15 is 0 Å². The lowest BCUT2D eigenvalue weighted by Crippen LogP contribution is -2.58. The molecule has 3 aliphatic rings. The van der Waals surface area contributed by atoms with Gasteiger partial charge in [0.1, 0.15) is 11.6 Å². The van der Waals surface area contributed by atoms with E-state index in [0.29, 0.717) is 37.8 Å². The fraction of sp³-hybridized carbons (Fsp3) is 0.571. The largest absolute Gasteiger partial charge is 0.496 e. The van der Waals surface area contributed by atoms with Crippen LogP contribution in [0.2, 0.25) is 0 Å². The van der Waals surface area contributed by atoms with Gasteiger partial charge in [0.2, 0.25) is 5.91 Å². The first-order valence-corrected chi connectivity index (χ1v) is 13.9. The second kappa shape index (κ2) is 11.2. The fourth-order valence-electron chi connectivity index (χ4n) is 6.02. The summed E-state index contributed by atoms with van der Waals surface area (Å²) in [6.45, 7) is 8.87. The monoisotopic (exact) mass is 552 g/mol. The van der Waals surface area contributed by atoms with Crippen molar-refractivity contribution < 1.29 is 14.3 Å². The first-order chi connectivity index (χ1) is 19.1. The summed E-state index contributed by atoms with van der Waals surface area (Å²) in [5.41, 5.74) is 12.0. The van der Waals surface area contributed by atoms with Crippen molar-refractivity contribution in [3.05, 3.63) is 46.5 Å². The molecule has 12 heteroatoms. The Morgan fingerprint density at radius 1 is 1.10 bits per heavy atom. The maximum absolute atomic E-state index is 12.9. The van der Waals surface area contributed by atoms with E-state index in [2.05, 4.69) is 15.2 Å². The number of nitrogens with zero attached hydrogens (tertiary/aromatic N) is 5. The number of benzene rings is 1. The van der Waals surface area contributed by atoms with E-state index < -0.39 is 11.2 Å². The topological polar surface area (TPSA) is 152 Å². The Morgan fingerprint density at radius 3 is 2.38 bits per heavy atom. The van der Waals surface area contributed by atoms with E-state index in [-0.39, 0.29) is 17.8 Å². The lowest BCUT2D eigenvalue weighted by molar-refractivity contribution is -0.137. The molecule has 12 nitrogen and oxygen atoms in total. The lowest BCUT2D eigenvalue weighted by Gasteiger charge is -2.37. The molecule has 0 bridgehead atoms. The van der Waals surface area contributed by atoms with Crippen molar-refractivity contribution in [3.63, 3.8) is 0 Å². The third kappa shape index (κ3) is 5.84. The quantitative estimate of drug-likeness (QED) is 0.424. The molecule has 1 aromatic heterocycles. The zero-order chi connectivity index (χ0) is 28.6. The third-order valence-electron chi connectivity index (χ3n) is 8.41. The van der Waals surface area contributed by atoms with Crippen molar-refractivity contribution in [1.82, 2.24) is 24.3 Å². The first-order valence-electron chi connectivity index (χ1n) is 13.9. The standard InChI is InChI=1S/C28H40N8O4/c1-28(2,30)25(37)34-10-12-35(13-11-34)26(38)31-24-7-9-36(27(39)32-24)19-5-4-18(23(14-19)40-3)6-8-33-16-21-20(15-29)22(21)17-33/h4-5,7,9,14,20-22H,6,8,10-13,15-17,29-30H2,1-3H3,(H,31,32,38,39)/t20-,21-,22+. The van der Waals surface area contributed by atoms with Gasteiger partial charge in [-0.1, -0.05) is 6.07 Å². The van der Waals surface area contributed by atoms with Gasteiger partial charge in [-0.15, -0.1) is 0 Å². The van der Waals surface area contributed by atoms with Crippen LogP contribution in [-0.4, -0.2) is 101 Å². The second-order valence-electron chi connectivity index (χ2n) is 11.6. The van der Waals surface area contributed by atoms with Gasteiger partial charge < -0.3 is 30.9 Å². The Kier molecular flexibility index (Phi) is 7.85. The molecule has 0 spiro atoms. The summed E-state index contributed by atoms with van der Waals surface area (Å²) in [7, 11) is 1.63. The molecule has 216 valence electrons. The minimum Gasteiger partial charge on any atom is -0.496 e. The van der Waals surface area contributed by atoms with Crippen molar-refractivity contribution in [2.45, 2.75) is 25.8 Å². The number of rotatable bonds is 8. The number of fused-ring (bicyclic) bond motifs is 1. The van der Waals surface area contributed by atoms with Gasteiger partial charge in [-0.05, 0) is 62.3 Å². The van der Waals surface area contributed by atoms with Crippen molar-refractivity contribution in [2.75, 3.05) is 64.8 Å². The van der Waals surface area contributed by atoms with Gasteiger partial charge in [-0.2, -0.15) is 4.98 Å². The summed E-state index contributed by atoms with van der Waals surface area (Å²) in [4.78, 5) is 47.8. The van der Waals surface area contributed by atoms with Gasteiger partial charge in [0.15, 0.2) is 0 Å². The molecule has 0 radical (unpaired) electrons. The van der Waals surface area contributed by atoms with E-state index in [9.17, 15) is 14.4 Å². The van der Waals surface area contributed by atoms with Crippen molar-refractivity contribution in [1.29, 1.82) is 0 Å². The van der Waals surface area contributed by atoms with Crippen LogP contribution in [0.4, 0.5) is 10.6 Å². The summed E-state index contributed by atoms with van der Waals surface area (Å²) in [6.07, 6.45) is 2.45. The van der Waals surface area contributed by atoms with Crippen LogP contribution in [0.5, 0.6) is 5.75 Å². The molecule has 3 atom stereocenters. The number of amides is 3. The van der Waals surface area contributed by atoms with E-state index in [1.165, 1.54) is 4.57 Å². The Hall–Kier alpha value is -3.48. The van der Waals surface area contributed by atoms with Gasteiger partial charge in [0, 0.05) is 58.1 Å². The van der Waals surface area contributed by atoms with Crippen molar-refractivity contribution in [2.24, 2.45) is 29.2 Å². The second-order valence-corrected chi connectivity index (χ2v) is 11.6. The lowest BCUT2D eigenvalue weighted by atomic mass is 10.1. The Morgan fingerprint density at radius 2 is 1.77 bits per heavy atom. The maximum atomic E-state index is 12.9. The number of carbonyl (C=O) groups is 2. The predicted molar refractivity (Wildman–Crippen MR) is 151 cm³/mol. The number of piperazine rings is 1. The van der Waals surface area contributed by atoms with E-state index in [1.807, 2.05) is 18.2 Å². The number of methoxy groups -OCH3 is 1. The molecule has 0 unspecified atom stereocenters. The number of urea groups is 1. The Bertz CT molecular complexity index is 1300. The summed E-state index contributed by atoms with van der Waals surface area (Å²) in [6, 6.07) is 6.93. The predicted octanol–water partition coefficient (Wildman–Crippen LogP) is 0.334. The number of nitrogens with one attached hydrogen (secondary N) is 1. The van der Waals surface area contributed by atoms with Crippen LogP contribution in [0.1, 0.15) is 19.4 Å². The highest BCUT2D eigenvalue weighted by Gasteiger charge is 2.54. The first kappa shape index (κ1) is 28.1. The van der Waals surface area contributed by atoms with Gasteiger partial charge in [0.05, 0.1) is 18.3 Å². The zero-order valence-corrected chi connectivity index (χ0v) is 23.5. The normalized spacial score (nSPS) is 22.7. The summed E-state index contributed by atoms with van der Waals surface area (Å²) < 4.78 is 7.06. The molecule has 40 heavy (non-hydrogen) atoms. The van der Waals surface area contributed by atoms with Crippen LogP contribution in [0.15, 0.2) is 35.3 Å². The highest BCUT2D eigenvalue weighted by atomic mass is 16.5. The van der Waals surface area contributed by atoms with Crippen molar-refractivity contribution in [3.8, 4) is 11.4 Å². The van der Waals surface area contributed by atoms with Gasteiger partial charge in [0.25, 0.3) is 0 Å². The van der Waals surface area contributed by atoms with Crippen LogP contribution in [-0.2, 0) is 11.2 Å². The number of aromatic nitrogens is 2. The number of likely N-dealkylation sites (tertiary alicyclic amines) is 1. The summed E-state index contributed by atoms with van der Waals surface area (Å²) in [5.74, 6) is 3.00. The molecule has 2 aromatic rings. The number of piperidine rings is 1. The Labute approximate surface area is 234 Å². The van der Waals surface area contributed by atoms with Gasteiger partial charge >= 0.3 is 11.7 Å². The number of carbonyl (C=O) groups excluding carboxylic acids is 2. The molecule has 3 fully saturated rings. The van der Waals surface area contributed by atoms with Crippen LogP contribution in [0.25, 0.3) is 5.69 Å². The molecule has 1 aliphatic carbocycles. The highest BCUT2D eigenvalue weighted by molar-refractivity contribution is 5.89. The minimum atomic E-state index is -0.953. The number of hydrogen-bond acceptors (Lipinski definition) is 8. The average Bonchev–Trinajstić information content (AvgIpc) is 3.42. The maximum Gasteiger partial charge on any atom is 0.354 e. The summed E-state index contributed by atoms with van der Waals surface area (Å²) >= 11 is 0. The SMILES string of the molecule is COc1cc(-n2ccc(NC(=O)N3CCN(C(=O)C(C)(C)N)CC3)nc2=O)ccc1CCN1C[C@@H]2[C@@H](CN)[C@@H]2C1. The molecular weight excluding hydrogens is 512 g/mol. The van der Waals surface area contributed by atoms with Crippen LogP contribution < -0.4 is 27.2 Å². The van der Waals surface area contributed by atoms with Gasteiger partial charge in [-0.25, -0.2) is 9.59 Å². The minimum absolute atomic E-state index is 0.147. The molecule has 2 aliphatic heterocycles. The molecule has 1 aromatic carbocycles. The number of hydrogen-bond donors (Lipinski definition) is 3. The highest BCUT2D eigenvalue weighted by Crippen LogP contribution is 2.50. The molecular formula is C28H40N8O4. The molecule has 1 saturated carbocycles. The van der Waals surface area contributed by atoms with Crippen molar-refractivity contribution >= 4 is 17.8 Å². The van der Waals surface area contributed by atoms with Gasteiger partial charge in [-0.3, -0.25) is 14.7 Å². The fourth-order valence-corrected chi connectivity index (χ4v) is 6.02. The number of nitrogens with two attached hydrogens (primary N) is 2.